The van der Waals surface area contributed by atoms with Crippen molar-refractivity contribution in [3.63, 3.8) is 0 Å². The molecule has 0 aliphatic heterocycles. The van der Waals surface area contributed by atoms with Crippen LogP contribution in [0.1, 0.15) is 37.4 Å². The second-order valence-electron chi connectivity index (χ2n) is 3.49. The van der Waals surface area contributed by atoms with Crippen LogP contribution in [0.4, 0.5) is 10.2 Å². The van der Waals surface area contributed by atoms with Gasteiger partial charge >= 0.3 is 0 Å². The van der Waals surface area contributed by atoms with Crippen LogP contribution in [0.5, 0.6) is 0 Å². The fourth-order valence-corrected chi connectivity index (χ4v) is 1.44. The summed E-state index contributed by atoms with van der Waals surface area (Å²) in [5.41, 5.74) is 2.48. The number of nitrogens with one attached hydrogen (secondary N) is 1. The van der Waals surface area contributed by atoms with Gasteiger partial charge in [-0.3, -0.25) is 0 Å². The maximum Gasteiger partial charge on any atom is 0.187 e. The molecule has 0 bridgehead atoms. The van der Waals surface area contributed by atoms with Crippen LogP contribution in [0, 0.1) is 12.7 Å². The Morgan fingerprint density at radius 3 is 2.69 bits per heavy atom. The van der Waals surface area contributed by atoms with E-state index in [1.165, 1.54) is 0 Å². The quantitative estimate of drug-likeness (QED) is 0.592. The van der Waals surface area contributed by atoms with Crippen LogP contribution >= 0.6 is 0 Å². The standard InChI is InChI=1S/C10H17FN4O/c1-4-5-7(16-3)9-13-6(2)8(11)10(14-9)15-12/h7H,4-5,12H2,1-3H3,(H,13,14,15). The van der Waals surface area contributed by atoms with Crippen LogP contribution in [0.2, 0.25) is 0 Å². The molecule has 1 rings (SSSR count). The number of aryl methyl sites for hydroxylation is 1. The average molecular weight is 228 g/mol. The van der Waals surface area contributed by atoms with E-state index in [1.807, 2.05) is 6.92 Å². The predicted molar refractivity (Wildman–Crippen MR) is 59.2 cm³/mol. The average Bonchev–Trinajstić information content (AvgIpc) is 2.29. The summed E-state index contributed by atoms with van der Waals surface area (Å²) in [7, 11) is 1.58. The SMILES string of the molecule is CCCC(OC)c1nc(C)c(F)c(NN)n1. The third-order valence-corrected chi connectivity index (χ3v) is 2.29. The third-order valence-electron chi connectivity index (χ3n) is 2.29. The maximum absolute atomic E-state index is 13.4. The fourth-order valence-electron chi connectivity index (χ4n) is 1.44. The summed E-state index contributed by atoms with van der Waals surface area (Å²) in [5.74, 6) is 5.11. The van der Waals surface area contributed by atoms with Gasteiger partial charge in [0, 0.05) is 7.11 Å². The summed E-state index contributed by atoms with van der Waals surface area (Å²) >= 11 is 0. The largest absolute Gasteiger partial charge is 0.373 e. The van der Waals surface area contributed by atoms with Crippen molar-refractivity contribution in [2.45, 2.75) is 32.8 Å². The van der Waals surface area contributed by atoms with Gasteiger partial charge in [-0.1, -0.05) is 13.3 Å². The Kier molecular flexibility index (Phi) is 4.57. The smallest absolute Gasteiger partial charge is 0.187 e. The molecule has 0 spiro atoms. The Bertz CT molecular complexity index is 359. The normalized spacial score (nSPS) is 12.6. The monoisotopic (exact) mass is 228 g/mol. The van der Waals surface area contributed by atoms with Crippen molar-refractivity contribution < 1.29 is 9.13 Å². The molecule has 0 aliphatic carbocycles. The van der Waals surface area contributed by atoms with Crippen LogP contribution < -0.4 is 11.3 Å². The first kappa shape index (κ1) is 12.8. The molecular formula is C10H17FN4O. The number of methoxy groups -OCH3 is 1. The summed E-state index contributed by atoms with van der Waals surface area (Å²) in [6.45, 7) is 3.60. The molecular weight excluding hydrogens is 211 g/mol. The predicted octanol–water partition coefficient (Wildman–Crippen LogP) is 1.70. The molecule has 1 atom stereocenters. The molecule has 0 aliphatic rings. The van der Waals surface area contributed by atoms with Crippen molar-refractivity contribution in [1.82, 2.24) is 9.97 Å². The Labute approximate surface area is 94.2 Å². The number of ether oxygens (including phenoxy) is 1. The van der Waals surface area contributed by atoms with E-state index in [1.54, 1.807) is 14.0 Å². The molecule has 3 N–H and O–H groups in total. The second kappa shape index (κ2) is 5.72. The molecule has 0 radical (unpaired) electrons. The van der Waals surface area contributed by atoms with Gasteiger partial charge in [0.05, 0.1) is 5.69 Å². The molecule has 0 saturated heterocycles. The first-order chi connectivity index (χ1) is 7.63. The highest BCUT2D eigenvalue weighted by Crippen LogP contribution is 2.22. The summed E-state index contributed by atoms with van der Waals surface area (Å²) in [6.07, 6.45) is 1.49. The van der Waals surface area contributed by atoms with Crippen LogP contribution in [0.3, 0.4) is 0 Å². The van der Waals surface area contributed by atoms with Gasteiger partial charge in [-0.05, 0) is 13.3 Å². The minimum absolute atomic E-state index is 0.000605. The number of hydrogen-bond donors (Lipinski definition) is 2. The van der Waals surface area contributed by atoms with Gasteiger partial charge in [-0.25, -0.2) is 20.2 Å². The van der Waals surface area contributed by atoms with E-state index < -0.39 is 5.82 Å². The minimum Gasteiger partial charge on any atom is -0.373 e. The number of halogens is 1. The first-order valence-electron chi connectivity index (χ1n) is 5.17. The van der Waals surface area contributed by atoms with Gasteiger partial charge in [0.2, 0.25) is 0 Å². The summed E-state index contributed by atoms with van der Waals surface area (Å²) in [6, 6.07) is 0. The molecule has 1 unspecified atom stereocenters. The summed E-state index contributed by atoms with van der Waals surface area (Å²) in [5, 5.41) is 0. The minimum atomic E-state index is -0.530. The van der Waals surface area contributed by atoms with Crippen LogP contribution in [0.15, 0.2) is 0 Å². The second-order valence-corrected chi connectivity index (χ2v) is 3.49. The highest BCUT2D eigenvalue weighted by molar-refractivity contribution is 5.36. The molecule has 1 heterocycles. The van der Waals surface area contributed by atoms with E-state index in [9.17, 15) is 4.39 Å². The maximum atomic E-state index is 13.4. The van der Waals surface area contributed by atoms with Crippen molar-refractivity contribution in [2.75, 3.05) is 12.5 Å². The number of hydrazine groups is 1. The van der Waals surface area contributed by atoms with Gasteiger partial charge < -0.3 is 10.2 Å². The topological polar surface area (TPSA) is 73.1 Å². The molecule has 0 amide bonds. The zero-order valence-corrected chi connectivity index (χ0v) is 9.75. The Hall–Kier alpha value is -1.27. The number of anilines is 1. The van der Waals surface area contributed by atoms with E-state index >= 15 is 0 Å². The van der Waals surface area contributed by atoms with Crippen molar-refractivity contribution in [1.29, 1.82) is 0 Å². The Balaban J connectivity index is 3.08. The first-order valence-corrected chi connectivity index (χ1v) is 5.17. The van der Waals surface area contributed by atoms with E-state index in [0.717, 1.165) is 12.8 Å². The van der Waals surface area contributed by atoms with Crippen molar-refractivity contribution >= 4 is 5.82 Å². The Morgan fingerprint density at radius 1 is 1.50 bits per heavy atom. The van der Waals surface area contributed by atoms with Crippen LogP contribution in [-0.2, 0) is 4.74 Å². The van der Waals surface area contributed by atoms with Gasteiger partial charge in [0.25, 0.3) is 0 Å². The van der Waals surface area contributed by atoms with Gasteiger partial charge in [0.15, 0.2) is 17.5 Å². The van der Waals surface area contributed by atoms with Crippen LogP contribution in [-0.4, -0.2) is 17.1 Å². The number of hydrogen-bond acceptors (Lipinski definition) is 5. The van der Waals surface area contributed by atoms with Crippen molar-refractivity contribution in [3.8, 4) is 0 Å². The lowest BCUT2D eigenvalue weighted by Gasteiger charge is -2.14. The lowest BCUT2D eigenvalue weighted by atomic mass is 10.2. The highest BCUT2D eigenvalue weighted by Gasteiger charge is 2.17. The zero-order chi connectivity index (χ0) is 12.1. The Morgan fingerprint density at radius 2 is 2.19 bits per heavy atom. The fraction of sp³-hybridized carbons (Fsp3) is 0.600. The van der Waals surface area contributed by atoms with Gasteiger partial charge in [-0.2, -0.15) is 0 Å². The lowest BCUT2D eigenvalue weighted by Crippen LogP contribution is -2.16. The van der Waals surface area contributed by atoms with E-state index in [0.29, 0.717) is 5.82 Å². The number of nitrogens with two attached hydrogens (primary N) is 1. The highest BCUT2D eigenvalue weighted by atomic mass is 19.1. The van der Waals surface area contributed by atoms with Crippen molar-refractivity contribution in [2.24, 2.45) is 5.84 Å². The van der Waals surface area contributed by atoms with E-state index in [-0.39, 0.29) is 17.6 Å². The van der Waals surface area contributed by atoms with Crippen LogP contribution in [0.25, 0.3) is 0 Å². The zero-order valence-electron chi connectivity index (χ0n) is 9.75. The molecule has 90 valence electrons. The van der Waals surface area contributed by atoms with Gasteiger partial charge in [-0.15, -0.1) is 0 Å². The molecule has 6 heteroatoms. The number of aromatic nitrogens is 2. The molecule has 1 aromatic rings. The molecule has 16 heavy (non-hydrogen) atoms. The third kappa shape index (κ3) is 2.65. The molecule has 1 aromatic heterocycles. The number of nitrogens with zero attached hydrogens (tertiary/aromatic N) is 2. The molecule has 0 saturated carbocycles. The van der Waals surface area contributed by atoms with Gasteiger partial charge in [0.1, 0.15) is 6.10 Å². The molecule has 0 aromatic carbocycles. The number of rotatable bonds is 5. The number of nitrogen functional groups attached to an aromatic ring is 1. The van der Waals surface area contributed by atoms with E-state index in [2.05, 4.69) is 15.4 Å². The molecule has 5 nitrogen and oxygen atoms in total. The van der Waals surface area contributed by atoms with E-state index in [4.69, 9.17) is 10.6 Å². The summed E-state index contributed by atoms with van der Waals surface area (Å²) < 4.78 is 18.7. The molecule has 0 fully saturated rings. The summed E-state index contributed by atoms with van der Waals surface area (Å²) in [4.78, 5) is 8.06. The lowest BCUT2D eigenvalue weighted by molar-refractivity contribution is 0.0874. The van der Waals surface area contributed by atoms with Crippen molar-refractivity contribution in [3.05, 3.63) is 17.3 Å².